The van der Waals surface area contributed by atoms with Gasteiger partial charge < -0.3 is 16.2 Å². The SMILES string of the molecule is CCC(O)CNC(=O)c1ccc(N)cc1F. The number of carbonyl (C=O) groups excluding carboxylic acids is 1. The van der Waals surface area contributed by atoms with Crippen molar-refractivity contribution >= 4 is 11.6 Å². The topological polar surface area (TPSA) is 75.3 Å². The zero-order chi connectivity index (χ0) is 12.1. The molecule has 0 aliphatic heterocycles. The molecule has 4 N–H and O–H groups in total. The van der Waals surface area contributed by atoms with E-state index in [1.54, 1.807) is 6.92 Å². The highest BCUT2D eigenvalue weighted by Gasteiger charge is 2.12. The second-order valence-electron chi connectivity index (χ2n) is 3.51. The summed E-state index contributed by atoms with van der Waals surface area (Å²) in [6.45, 7) is 1.90. The molecule has 1 aromatic rings. The third-order valence-corrected chi connectivity index (χ3v) is 2.21. The van der Waals surface area contributed by atoms with E-state index in [0.29, 0.717) is 6.42 Å². The van der Waals surface area contributed by atoms with Gasteiger partial charge >= 0.3 is 0 Å². The van der Waals surface area contributed by atoms with Crippen LogP contribution >= 0.6 is 0 Å². The van der Waals surface area contributed by atoms with Crippen LogP contribution in [0.3, 0.4) is 0 Å². The van der Waals surface area contributed by atoms with Crippen LogP contribution in [0, 0.1) is 5.82 Å². The number of halogens is 1. The molecule has 0 saturated heterocycles. The molecule has 16 heavy (non-hydrogen) atoms. The second-order valence-corrected chi connectivity index (χ2v) is 3.51. The Labute approximate surface area is 93.3 Å². The molecule has 0 aliphatic rings. The molecule has 88 valence electrons. The van der Waals surface area contributed by atoms with Gasteiger partial charge in [-0.25, -0.2) is 4.39 Å². The molecule has 5 heteroatoms. The quantitative estimate of drug-likeness (QED) is 0.668. The summed E-state index contributed by atoms with van der Waals surface area (Å²) in [7, 11) is 0. The molecule has 1 aromatic carbocycles. The number of nitrogens with one attached hydrogen (secondary N) is 1. The van der Waals surface area contributed by atoms with Gasteiger partial charge in [0.2, 0.25) is 0 Å². The van der Waals surface area contributed by atoms with Crippen LogP contribution in [0.2, 0.25) is 0 Å². The van der Waals surface area contributed by atoms with E-state index >= 15 is 0 Å². The van der Waals surface area contributed by atoms with Gasteiger partial charge in [-0.15, -0.1) is 0 Å². The van der Waals surface area contributed by atoms with Crippen LogP contribution in [0.25, 0.3) is 0 Å². The van der Waals surface area contributed by atoms with E-state index in [9.17, 15) is 14.3 Å². The number of aliphatic hydroxyl groups excluding tert-OH is 1. The fourth-order valence-corrected chi connectivity index (χ4v) is 1.17. The summed E-state index contributed by atoms with van der Waals surface area (Å²) in [5.74, 6) is -1.21. The minimum absolute atomic E-state index is 0.0718. The molecule has 1 rings (SSSR count). The molecule has 0 heterocycles. The lowest BCUT2D eigenvalue weighted by Crippen LogP contribution is -2.32. The number of hydrogen-bond donors (Lipinski definition) is 3. The van der Waals surface area contributed by atoms with Crippen molar-refractivity contribution in [2.75, 3.05) is 12.3 Å². The standard InChI is InChI=1S/C11H15FN2O2/c1-2-8(15)6-14-11(16)9-4-3-7(13)5-10(9)12/h3-5,8,15H,2,6,13H2,1H3,(H,14,16). The average molecular weight is 226 g/mol. The minimum atomic E-state index is -0.663. The van der Waals surface area contributed by atoms with E-state index in [1.165, 1.54) is 12.1 Å². The molecular weight excluding hydrogens is 211 g/mol. The number of benzene rings is 1. The molecule has 0 saturated carbocycles. The molecule has 0 bridgehead atoms. The molecule has 1 amide bonds. The number of hydrogen-bond acceptors (Lipinski definition) is 3. The predicted molar refractivity (Wildman–Crippen MR) is 59.4 cm³/mol. The lowest BCUT2D eigenvalue weighted by atomic mass is 10.1. The summed E-state index contributed by atoms with van der Waals surface area (Å²) in [4.78, 5) is 11.5. The Balaban J connectivity index is 2.66. The van der Waals surface area contributed by atoms with Crippen LogP contribution in [-0.2, 0) is 0 Å². The molecule has 1 unspecified atom stereocenters. The molecule has 4 nitrogen and oxygen atoms in total. The van der Waals surface area contributed by atoms with Gasteiger partial charge in [-0.3, -0.25) is 4.79 Å². The van der Waals surface area contributed by atoms with Crippen LogP contribution in [-0.4, -0.2) is 23.7 Å². The summed E-state index contributed by atoms with van der Waals surface area (Å²) in [5.41, 5.74) is 5.55. The zero-order valence-electron chi connectivity index (χ0n) is 9.03. The lowest BCUT2D eigenvalue weighted by Gasteiger charge is -2.10. The van der Waals surface area contributed by atoms with Crippen LogP contribution in [0.4, 0.5) is 10.1 Å². The van der Waals surface area contributed by atoms with Crippen molar-refractivity contribution in [1.82, 2.24) is 5.32 Å². The van der Waals surface area contributed by atoms with Crippen LogP contribution in [0.15, 0.2) is 18.2 Å². The van der Waals surface area contributed by atoms with Gasteiger partial charge in [0.1, 0.15) is 5.82 Å². The van der Waals surface area contributed by atoms with Crippen molar-refractivity contribution in [2.45, 2.75) is 19.4 Å². The first kappa shape index (κ1) is 12.4. The maximum Gasteiger partial charge on any atom is 0.254 e. The van der Waals surface area contributed by atoms with Gasteiger partial charge in [0.05, 0.1) is 11.7 Å². The number of nitrogen functional groups attached to an aromatic ring is 1. The fraction of sp³-hybridized carbons (Fsp3) is 0.364. The number of carbonyl (C=O) groups is 1. The zero-order valence-corrected chi connectivity index (χ0v) is 9.03. The first-order valence-corrected chi connectivity index (χ1v) is 5.06. The van der Waals surface area contributed by atoms with Gasteiger partial charge in [-0.05, 0) is 24.6 Å². The molecule has 0 aromatic heterocycles. The third-order valence-electron chi connectivity index (χ3n) is 2.21. The monoisotopic (exact) mass is 226 g/mol. The highest BCUT2D eigenvalue weighted by molar-refractivity contribution is 5.94. The van der Waals surface area contributed by atoms with Gasteiger partial charge in [0, 0.05) is 12.2 Å². The Bertz CT molecular complexity index is 382. The number of nitrogens with two attached hydrogens (primary N) is 1. The number of rotatable bonds is 4. The Morgan fingerprint density at radius 3 is 2.88 bits per heavy atom. The minimum Gasteiger partial charge on any atom is -0.399 e. The predicted octanol–water partition coefficient (Wildman–Crippen LogP) is 0.909. The van der Waals surface area contributed by atoms with Gasteiger partial charge in [-0.2, -0.15) is 0 Å². The van der Waals surface area contributed by atoms with Crippen molar-refractivity contribution < 1.29 is 14.3 Å². The Kier molecular flexibility index (Phi) is 4.25. The summed E-state index contributed by atoms with van der Waals surface area (Å²) < 4.78 is 13.3. The number of aliphatic hydroxyl groups is 1. The van der Waals surface area contributed by atoms with Crippen molar-refractivity contribution in [1.29, 1.82) is 0 Å². The van der Waals surface area contributed by atoms with E-state index < -0.39 is 17.8 Å². The van der Waals surface area contributed by atoms with Crippen molar-refractivity contribution in [3.05, 3.63) is 29.6 Å². The molecule has 0 spiro atoms. The first-order chi connectivity index (χ1) is 7.54. The van der Waals surface area contributed by atoms with E-state index in [2.05, 4.69) is 5.32 Å². The molecule has 0 aliphatic carbocycles. The van der Waals surface area contributed by atoms with Gasteiger partial charge in [0.25, 0.3) is 5.91 Å². The molecule has 1 atom stereocenters. The van der Waals surface area contributed by atoms with E-state index in [4.69, 9.17) is 5.73 Å². The fourth-order valence-electron chi connectivity index (χ4n) is 1.17. The van der Waals surface area contributed by atoms with E-state index in [1.807, 2.05) is 0 Å². The largest absolute Gasteiger partial charge is 0.399 e. The maximum atomic E-state index is 13.3. The van der Waals surface area contributed by atoms with Gasteiger partial charge in [0.15, 0.2) is 0 Å². The summed E-state index contributed by atoms with van der Waals surface area (Å²) >= 11 is 0. The Morgan fingerprint density at radius 1 is 1.62 bits per heavy atom. The van der Waals surface area contributed by atoms with E-state index in [-0.39, 0.29) is 17.8 Å². The maximum absolute atomic E-state index is 13.3. The lowest BCUT2D eigenvalue weighted by molar-refractivity contribution is 0.0910. The van der Waals surface area contributed by atoms with E-state index in [0.717, 1.165) is 6.07 Å². The second kappa shape index (κ2) is 5.46. The van der Waals surface area contributed by atoms with Gasteiger partial charge in [-0.1, -0.05) is 6.92 Å². The van der Waals surface area contributed by atoms with Crippen molar-refractivity contribution in [3.8, 4) is 0 Å². The molecule has 0 fully saturated rings. The van der Waals surface area contributed by atoms with Crippen molar-refractivity contribution in [3.63, 3.8) is 0 Å². The number of amides is 1. The Hall–Kier alpha value is -1.62. The smallest absolute Gasteiger partial charge is 0.254 e. The third kappa shape index (κ3) is 3.20. The van der Waals surface area contributed by atoms with Crippen LogP contribution in [0.1, 0.15) is 23.7 Å². The first-order valence-electron chi connectivity index (χ1n) is 5.06. The van der Waals surface area contributed by atoms with Crippen LogP contribution < -0.4 is 11.1 Å². The molecular formula is C11H15FN2O2. The van der Waals surface area contributed by atoms with Crippen molar-refractivity contribution in [2.24, 2.45) is 0 Å². The Morgan fingerprint density at radius 2 is 2.31 bits per heavy atom. The van der Waals surface area contributed by atoms with Crippen LogP contribution in [0.5, 0.6) is 0 Å². The summed E-state index contributed by atoms with van der Waals surface area (Å²) in [6, 6.07) is 3.86. The normalized spacial score (nSPS) is 12.2. The molecule has 0 radical (unpaired) electrons. The number of anilines is 1. The summed E-state index contributed by atoms with van der Waals surface area (Å²) in [6.07, 6.45) is -0.0781. The highest BCUT2D eigenvalue weighted by Crippen LogP contribution is 2.11. The average Bonchev–Trinajstić information content (AvgIpc) is 2.25. The summed E-state index contributed by atoms with van der Waals surface area (Å²) in [5, 5.41) is 11.7. The highest BCUT2D eigenvalue weighted by atomic mass is 19.1.